The summed E-state index contributed by atoms with van der Waals surface area (Å²) in [5.74, 6) is 0.182. The number of aromatic nitrogens is 5. The summed E-state index contributed by atoms with van der Waals surface area (Å²) in [7, 11) is 0. The second kappa shape index (κ2) is 3.27. The molecule has 3 aromatic rings. The van der Waals surface area contributed by atoms with Crippen molar-refractivity contribution in [1.29, 1.82) is 0 Å². The second-order valence-corrected chi connectivity index (χ2v) is 3.34. The molecule has 0 aliphatic rings. The molecule has 0 atom stereocenters. The Kier molecular flexibility index (Phi) is 1.79. The van der Waals surface area contributed by atoms with E-state index < -0.39 is 0 Å². The van der Waals surface area contributed by atoms with Crippen LogP contribution in [0.5, 0.6) is 0 Å². The molecule has 6 heteroatoms. The van der Waals surface area contributed by atoms with Gasteiger partial charge in [-0.15, -0.1) is 10.2 Å². The average molecular weight is 212 g/mol. The number of nitrogens with two attached hydrogens (primary N) is 1. The molecule has 0 fully saturated rings. The zero-order chi connectivity index (χ0) is 11.0. The fourth-order valence-corrected chi connectivity index (χ4v) is 1.53. The number of fused-ring (bicyclic) bond motifs is 1. The molecule has 6 nitrogen and oxygen atoms in total. The van der Waals surface area contributed by atoms with Crippen LogP contribution in [0.15, 0.2) is 30.5 Å². The fourth-order valence-electron chi connectivity index (χ4n) is 1.53. The minimum Gasteiger partial charge on any atom is -0.366 e. The number of hydrogen-bond donors (Lipinski definition) is 2. The molecule has 0 aliphatic heterocycles. The number of hydrogen-bond acceptors (Lipinski definition) is 5. The van der Waals surface area contributed by atoms with E-state index in [-0.39, 0.29) is 5.95 Å². The molecule has 3 N–H and O–H groups in total. The van der Waals surface area contributed by atoms with E-state index in [4.69, 9.17) is 5.73 Å². The number of nitrogens with zero attached hydrogens (tertiary/aromatic N) is 4. The molecule has 3 rings (SSSR count). The largest absolute Gasteiger partial charge is 0.366 e. The number of rotatable bonds is 1. The van der Waals surface area contributed by atoms with Gasteiger partial charge >= 0.3 is 0 Å². The summed E-state index contributed by atoms with van der Waals surface area (Å²) < 4.78 is 0. The maximum Gasteiger partial charge on any atom is 0.240 e. The van der Waals surface area contributed by atoms with Crippen molar-refractivity contribution in [2.45, 2.75) is 0 Å². The van der Waals surface area contributed by atoms with Crippen LogP contribution in [-0.4, -0.2) is 25.4 Å². The molecule has 0 unspecified atom stereocenters. The van der Waals surface area contributed by atoms with Crippen molar-refractivity contribution in [3.8, 4) is 11.3 Å². The summed E-state index contributed by atoms with van der Waals surface area (Å²) >= 11 is 0. The van der Waals surface area contributed by atoms with Crippen LogP contribution in [0.3, 0.4) is 0 Å². The molecule has 2 aromatic heterocycles. The molecule has 0 radical (unpaired) electrons. The van der Waals surface area contributed by atoms with Gasteiger partial charge in [0.1, 0.15) is 5.52 Å². The maximum atomic E-state index is 5.46. The predicted molar refractivity (Wildman–Crippen MR) is 59.3 cm³/mol. The Morgan fingerprint density at radius 1 is 1.06 bits per heavy atom. The van der Waals surface area contributed by atoms with Gasteiger partial charge in [-0.3, -0.25) is 5.10 Å². The lowest BCUT2D eigenvalue weighted by Crippen LogP contribution is -1.97. The zero-order valence-electron chi connectivity index (χ0n) is 8.25. The predicted octanol–water partition coefficient (Wildman–Crippen LogP) is 0.997. The van der Waals surface area contributed by atoms with Crippen LogP contribution in [0.25, 0.3) is 22.3 Å². The lowest BCUT2D eigenvalue weighted by atomic mass is 10.1. The third-order valence-corrected chi connectivity index (χ3v) is 2.28. The molecular formula is C10H8N6. The highest BCUT2D eigenvalue weighted by atomic mass is 15.2. The molecule has 78 valence electrons. The first-order valence-corrected chi connectivity index (χ1v) is 4.72. The average Bonchev–Trinajstić information content (AvgIpc) is 2.82. The van der Waals surface area contributed by atoms with Gasteiger partial charge in [0.05, 0.1) is 11.2 Å². The Labute approximate surface area is 90.5 Å². The topological polar surface area (TPSA) is 93.4 Å². The molecule has 0 saturated heterocycles. The molecule has 2 heterocycles. The van der Waals surface area contributed by atoms with Crippen molar-refractivity contribution in [3.05, 3.63) is 30.5 Å². The maximum absolute atomic E-state index is 5.46. The van der Waals surface area contributed by atoms with Crippen molar-refractivity contribution in [2.24, 2.45) is 0 Å². The van der Waals surface area contributed by atoms with Crippen molar-refractivity contribution in [1.82, 2.24) is 25.4 Å². The quantitative estimate of drug-likeness (QED) is 0.627. The zero-order valence-corrected chi connectivity index (χ0v) is 8.25. The van der Waals surface area contributed by atoms with E-state index in [0.29, 0.717) is 5.52 Å². The van der Waals surface area contributed by atoms with E-state index in [9.17, 15) is 0 Å². The van der Waals surface area contributed by atoms with Crippen LogP contribution in [0.1, 0.15) is 0 Å². The fraction of sp³-hybridized carbons (Fsp3) is 0. The van der Waals surface area contributed by atoms with E-state index in [0.717, 1.165) is 16.8 Å². The molecule has 1 aromatic carbocycles. The third kappa shape index (κ3) is 1.36. The first kappa shape index (κ1) is 8.78. The third-order valence-electron chi connectivity index (χ3n) is 2.28. The first-order chi connectivity index (χ1) is 7.83. The molecule has 0 amide bonds. The smallest absolute Gasteiger partial charge is 0.240 e. The molecule has 0 spiro atoms. The minimum atomic E-state index is 0.182. The molecule has 0 saturated carbocycles. The summed E-state index contributed by atoms with van der Waals surface area (Å²) in [5.41, 5.74) is 8.82. The lowest BCUT2D eigenvalue weighted by molar-refractivity contribution is 1.04. The molecule has 16 heavy (non-hydrogen) atoms. The first-order valence-electron chi connectivity index (χ1n) is 4.72. The highest BCUT2D eigenvalue weighted by Crippen LogP contribution is 2.20. The SMILES string of the molecule is Nc1nnc2cc(-c3ccn[nH]3)ccc2n1. The van der Waals surface area contributed by atoms with Crippen LogP contribution in [0, 0.1) is 0 Å². The van der Waals surface area contributed by atoms with Gasteiger partial charge in [0, 0.05) is 11.8 Å². The van der Waals surface area contributed by atoms with Gasteiger partial charge < -0.3 is 5.73 Å². The van der Waals surface area contributed by atoms with E-state index in [1.807, 2.05) is 24.3 Å². The Bertz CT molecular complexity index is 631. The van der Waals surface area contributed by atoms with Gasteiger partial charge in [-0.1, -0.05) is 6.07 Å². The van der Waals surface area contributed by atoms with Crippen LogP contribution in [0.2, 0.25) is 0 Å². The summed E-state index contributed by atoms with van der Waals surface area (Å²) in [6, 6.07) is 7.57. The molecule has 0 bridgehead atoms. The Morgan fingerprint density at radius 3 is 2.81 bits per heavy atom. The Balaban J connectivity index is 2.20. The normalized spacial score (nSPS) is 10.8. The highest BCUT2D eigenvalue weighted by molar-refractivity contribution is 5.80. The summed E-state index contributed by atoms with van der Waals surface area (Å²) in [5, 5.41) is 14.5. The molecular weight excluding hydrogens is 204 g/mol. The number of benzene rings is 1. The number of nitrogen functional groups attached to an aromatic ring is 1. The van der Waals surface area contributed by atoms with Gasteiger partial charge in [0.15, 0.2) is 0 Å². The molecule has 0 aliphatic carbocycles. The second-order valence-electron chi connectivity index (χ2n) is 3.34. The summed E-state index contributed by atoms with van der Waals surface area (Å²) in [6.45, 7) is 0. The van der Waals surface area contributed by atoms with Crippen molar-refractivity contribution in [3.63, 3.8) is 0 Å². The highest BCUT2D eigenvalue weighted by Gasteiger charge is 2.03. The van der Waals surface area contributed by atoms with Gasteiger partial charge in [-0.25, -0.2) is 4.98 Å². The van der Waals surface area contributed by atoms with Crippen LogP contribution < -0.4 is 5.73 Å². The Morgan fingerprint density at radius 2 is 2.00 bits per heavy atom. The number of anilines is 1. The van der Waals surface area contributed by atoms with Gasteiger partial charge in [-0.05, 0) is 18.2 Å². The van der Waals surface area contributed by atoms with Crippen molar-refractivity contribution < 1.29 is 0 Å². The number of nitrogens with one attached hydrogen (secondary N) is 1. The van der Waals surface area contributed by atoms with Gasteiger partial charge in [0.2, 0.25) is 5.95 Å². The van der Waals surface area contributed by atoms with E-state index >= 15 is 0 Å². The van der Waals surface area contributed by atoms with E-state index in [1.165, 1.54) is 0 Å². The van der Waals surface area contributed by atoms with E-state index in [2.05, 4.69) is 25.4 Å². The Hall–Kier alpha value is -2.50. The van der Waals surface area contributed by atoms with Crippen LogP contribution in [-0.2, 0) is 0 Å². The van der Waals surface area contributed by atoms with Crippen LogP contribution >= 0.6 is 0 Å². The van der Waals surface area contributed by atoms with E-state index in [1.54, 1.807) is 6.20 Å². The summed E-state index contributed by atoms with van der Waals surface area (Å²) in [6.07, 6.45) is 1.70. The van der Waals surface area contributed by atoms with Gasteiger partial charge in [-0.2, -0.15) is 5.10 Å². The van der Waals surface area contributed by atoms with Gasteiger partial charge in [0.25, 0.3) is 0 Å². The summed E-state index contributed by atoms with van der Waals surface area (Å²) in [4.78, 5) is 4.08. The standard InChI is InChI=1S/C10H8N6/c11-10-13-8-2-1-6(5-9(8)15-16-10)7-3-4-12-14-7/h1-5H,(H,12,14)(H2,11,13,16). The lowest BCUT2D eigenvalue weighted by Gasteiger charge is -2.00. The minimum absolute atomic E-state index is 0.182. The van der Waals surface area contributed by atoms with Crippen molar-refractivity contribution >= 4 is 17.0 Å². The van der Waals surface area contributed by atoms with Crippen molar-refractivity contribution in [2.75, 3.05) is 5.73 Å². The monoisotopic (exact) mass is 212 g/mol. The van der Waals surface area contributed by atoms with Crippen LogP contribution in [0.4, 0.5) is 5.95 Å². The number of H-pyrrole nitrogens is 1. The number of aromatic amines is 1.